The first-order chi connectivity index (χ1) is 7.01. The summed E-state index contributed by atoms with van der Waals surface area (Å²) in [5.41, 5.74) is 0.489. The number of carbonyl (C=O) groups excluding carboxylic acids is 1. The molecular formula is C12H18O2S. The van der Waals surface area contributed by atoms with Crippen LogP contribution in [-0.4, -0.2) is 15.0 Å². The number of aliphatic hydroxyl groups is 1. The summed E-state index contributed by atoms with van der Waals surface area (Å²) in [6.07, 6.45) is 7.31. The molecule has 0 saturated carbocycles. The highest BCUT2D eigenvalue weighted by Gasteiger charge is 2.39. The fourth-order valence-corrected chi connectivity index (χ4v) is 2.58. The maximum absolute atomic E-state index is 11.4. The van der Waals surface area contributed by atoms with Crippen molar-refractivity contribution in [3.8, 4) is 0 Å². The van der Waals surface area contributed by atoms with Gasteiger partial charge < -0.3 is 5.11 Å². The SMILES string of the molecule is CCCC/C=C/[C@@]1(C)SC(=O)C(C)=C1O. The summed E-state index contributed by atoms with van der Waals surface area (Å²) < 4.78 is -0.533. The molecule has 0 amide bonds. The van der Waals surface area contributed by atoms with Gasteiger partial charge in [-0.1, -0.05) is 43.7 Å². The average molecular weight is 226 g/mol. The van der Waals surface area contributed by atoms with E-state index in [1.807, 2.05) is 13.0 Å². The molecule has 1 heterocycles. The van der Waals surface area contributed by atoms with Crippen LogP contribution in [0.3, 0.4) is 0 Å². The van der Waals surface area contributed by atoms with Crippen molar-refractivity contribution in [2.24, 2.45) is 0 Å². The van der Waals surface area contributed by atoms with Gasteiger partial charge in [0.1, 0.15) is 5.76 Å². The molecule has 0 fully saturated rings. The fraction of sp³-hybridized carbons (Fsp3) is 0.583. The van der Waals surface area contributed by atoms with Gasteiger partial charge in [0, 0.05) is 5.57 Å². The molecule has 0 radical (unpaired) electrons. The molecule has 1 aliphatic rings. The lowest BCUT2D eigenvalue weighted by molar-refractivity contribution is -0.107. The van der Waals surface area contributed by atoms with Gasteiger partial charge in [0.15, 0.2) is 0 Å². The van der Waals surface area contributed by atoms with Crippen LogP contribution < -0.4 is 0 Å². The molecule has 2 nitrogen and oxygen atoms in total. The van der Waals surface area contributed by atoms with E-state index in [1.54, 1.807) is 6.92 Å². The van der Waals surface area contributed by atoms with E-state index in [0.717, 1.165) is 19.3 Å². The van der Waals surface area contributed by atoms with Crippen LogP contribution in [0.25, 0.3) is 0 Å². The Kier molecular flexibility index (Phi) is 4.03. The molecule has 1 N–H and O–H groups in total. The summed E-state index contributed by atoms with van der Waals surface area (Å²) in [5.74, 6) is 0.213. The lowest BCUT2D eigenvalue weighted by Crippen LogP contribution is -2.16. The van der Waals surface area contributed by atoms with Crippen LogP contribution >= 0.6 is 11.8 Å². The Bertz CT molecular complexity index is 318. The Morgan fingerprint density at radius 2 is 2.20 bits per heavy atom. The quantitative estimate of drug-likeness (QED) is 0.588. The predicted octanol–water partition coefficient (Wildman–Crippen LogP) is 3.60. The Morgan fingerprint density at radius 1 is 1.53 bits per heavy atom. The first kappa shape index (κ1) is 12.4. The van der Waals surface area contributed by atoms with Crippen molar-refractivity contribution < 1.29 is 9.90 Å². The number of hydrogen-bond acceptors (Lipinski definition) is 3. The Balaban J connectivity index is 2.69. The molecule has 0 aromatic heterocycles. The normalized spacial score (nSPS) is 27.0. The number of thioether (sulfide) groups is 1. The van der Waals surface area contributed by atoms with Gasteiger partial charge in [-0.3, -0.25) is 4.79 Å². The van der Waals surface area contributed by atoms with Crippen molar-refractivity contribution in [3.63, 3.8) is 0 Å². The van der Waals surface area contributed by atoms with Crippen molar-refractivity contribution >= 4 is 16.9 Å². The molecule has 0 bridgehead atoms. The third kappa shape index (κ3) is 2.65. The molecule has 3 heteroatoms. The number of hydrogen-bond donors (Lipinski definition) is 1. The second-order valence-corrected chi connectivity index (χ2v) is 5.44. The van der Waals surface area contributed by atoms with Gasteiger partial charge in [0.2, 0.25) is 5.12 Å². The highest BCUT2D eigenvalue weighted by molar-refractivity contribution is 8.16. The van der Waals surface area contributed by atoms with E-state index in [9.17, 15) is 9.90 Å². The monoisotopic (exact) mass is 226 g/mol. The molecule has 0 saturated heterocycles. The Hall–Kier alpha value is -0.700. The molecule has 0 aliphatic carbocycles. The molecule has 0 aromatic rings. The van der Waals surface area contributed by atoms with Crippen LogP contribution in [0, 0.1) is 0 Å². The van der Waals surface area contributed by atoms with E-state index in [-0.39, 0.29) is 10.9 Å². The molecule has 1 atom stereocenters. The van der Waals surface area contributed by atoms with Crippen LogP contribution in [0.1, 0.15) is 40.0 Å². The maximum atomic E-state index is 11.4. The first-order valence-corrected chi connectivity index (χ1v) is 6.14. The number of unbranched alkanes of at least 4 members (excludes halogenated alkanes) is 2. The predicted molar refractivity (Wildman–Crippen MR) is 65.0 cm³/mol. The Morgan fingerprint density at radius 3 is 2.67 bits per heavy atom. The smallest absolute Gasteiger partial charge is 0.219 e. The van der Waals surface area contributed by atoms with Crippen molar-refractivity contribution in [2.45, 2.75) is 44.8 Å². The highest BCUT2D eigenvalue weighted by Crippen LogP contribution is 2.43. The van der Waals surface area contributed by atoms with E-state index in [1.165, 1.54) is 11.8 Å². The third-order valence-electron chi connectivity index (χ3n) is 2.60. The van der Waals surface area contributed by atoms with E-state index in [0.29, 0.717) is 5.57 Å². The van der Waals surface area contributed by atoms with Crippen molar-refractivity contribution in [1.82, 2.24) is 0 Å². The number of carbonyl (C=O) groups is 1. The minimum Gasteiger partial charge on any atom is -0.510 e. The molecule has 1 aliphatic heterocycles. The Labute approximate surface area is 95.4 Å². The van der Waals surface area contributed by atoms with E-state index < -0.39 is 4.75 Å². The molecule has 0 aromatic carbocycles. The summed E-state index contributed by atoms with van der Waals surface area (Å²) in [5, 5.41) is 9.81. The third-order valence-corrected chi connectivity index (χ3v) is 3.84. The zero-order valence-electron chi connectivity index (χ0n) is 9.54. The van der Waals surface area contributed by atoms with Crippen LogP contribution in [0.2, 0.25) is 0 Å². The van der Waals surface area contributed by atoms with Crippen molar-refractivity contribution in [1.29, 1.82) is 0 Å². The second-order valence-electron chi connectivity index (χ2n) is 4.01. The molecule has 1 rings (SSSR count). The summed E-state index contributed by atoms with van der Waals surface area (Å²) in [6.45, 7) is 5.70. The summed E-state index contributed by atoms with van der Waals surface area (Å²) in [7, 11) is 0. The second kappa shape index (κ2) is 4.88. The van der Waals surface area contributed by atoms with Gasteiger partial charge >= 0.3 is 0 Å². The lowest BCUT2D eigenvalue weighted by Gasteiger charge is -2.17. The number of allylic oxidation sites excluding steroid dienone is 1. The average Bonchev–Trinajstić information content (AvgIpc) is 2.39. The number of rotatable bonds is 4. The van der Waals surface area contributed by atoms with Gasteiger partial charge in [-0.05, 0) is 20.3 Å². The minimum absolute atomic E-state index is 0.0184. The zero-order valence-corrected chi connectivity index (χ0v) is 10.4. The largest absolute Gasteiger partial charge is 0.510 e. The van der Waals surface area contributed by atoms with Crippen LogP contribution in [-0.2, 0) is 4.79 Å². The standard InChI is InChI=1S/C12H18O2S/c1-4-5-6-7-8-12(3)10(13)9(2)11(14)15-12/h7-8,13H,4-6H2,1-3H3/b8-7+/t12-/m1/s1. The van der Waals surface area contributed by atoms with Gasteiger partial charge in [-0.15, -0.1) is 0 Å². The molecule has 0 spiro atoms. The molecule has 84 valence electrons. The fourth-order valence-electron chi connectivity index (χ4n) is 1.53. The van der Waals surface area contributed by atoms with Gasteiger partial charge in [-0.2, -0.15) is 0 Å². The maximum Gasteiger partial charge on any atom is 0.219 e. The zero-order chi connectivity index (χ0) is 11.5. The molecular weight excluding hydrogens is 208 g/mol. The van der Waals surface area contributed by atoms with Crippen molar-refractivity contribution in [2.75, 3.05) is 0 Å². The lowest BCUT2D eigenvalue weighted by atomic mass is 10.0. The van der Waals surface area contributed by atoms with Crippen LogP contribution in [0.5, 0.6) is 0 Å². The summed E-state index contributed by atoms with van der Waals surface area (Å²) in [4.78, 5) is 11.4. The van der Waals surface area contributed by atoms with Crippen LogP contribution in [0.4, 0.5) is 0 Å². The van der Waals surface area contributed by atoms with E-state index >= 15 is 0 Å². The molecule has 0 unspecified atom stereocenters. The summed E-state index contributed by atoms with van der Waals surface area (Å²) in [6, 6.07) is 0. The van der Waals surface area contributed by atoms with Gasteiger partial charge in [0.25, 0.3) is 0 Å². The van der Waals surface area contributed by atoms with E-state index in [4.69, 9.17) is 0 Å². The first-order valence-electron chi connectivity index (χ1n) is 5.32. The van der Waals surface area contributed by atoms with E-state index in [2.05, 4.69) is 13.0 Å². The topological polar surface area (TPSA) is 37.3 Å². The molecule has 15 heavy (non-hydrogen) atoms. The van der Waals surface area contributed by atoms with Gasteiger partial charge in [0.05, 0.1) is 4.75 Å². The van der Waals surface area contributed by atoms with Gasteiger partial charge in [-0.25, -0.2) is 0 Å². The van der Waals surface area contributed by atoms with Crippen LogP contribution in [0.15, 0.2) is 23.5 Å². The highest BCUT2D eigenvalue weighted by atomic mass is 32.2. The minimum atomic E-state index is -0.533. The van der Waals surface area contributed by atoms with Crippen molar-refractivity contribution in [3.05, 3.63) is 23.5 Å². The summed E-state index contributed by atoms with van der Waals surface area (Å²) >= 11 is 1.19. The number of aliphatic hydroxyl groups excluding tert-OH is 1.